The van der Waals surface area contributed by atoms with E-state index in [0.717, 1.165) is 168 Å². The SMILES string of the molecule is CC(C)CCCCCCCc1cnnn1CCC(C)C.CC(C)CCCCCCCn1nncc1CCC(C)C.CC(C)CCCCCCc1cnnn1CCCC(C)C.CC(C)CCCCCCn1nncc1CCCC(C)C.CC(C)CCCCCc1cnnn1CC(C)C.CC(C)CCCCCc1cnnn1CCCCC(C)C.CC(C)CCCCCn1nncc1CCCCC(C)C. The third-order valence-corrected chi connectivity index (χ3v) is 25.9. The molecule has 0 bridgehead atoms. The van der Waals surface area contributed by atoms with E-state index >= 15 is 0 Å². The minimum absolute atomic E-state index is 0.636. The third kappa shape index (κ3) is 77.3. The van der Waals surface area contributed by atoms with Crippen LogP contribution in [0.25, 0.3) is 0 Å². The van der Waals surface area contributed by atoms with Crippen molar-refractivity contribution in [2.24, 2.45) is 82.9 Å². The molecular formula is C116H225N21. The summed E-state index contributed by atoms with van der Waals surface area (Å²) in [6.07, 6.45) is 82.1. The Morgan fingerprint density at radius 2 is 0.299 bits per heavy atom. The smallest absolute Gasteiger partial charge is 0.0725 e. The largest absolute Gasteiger partial charge is 0.249 e. The van der Waals surface area contributed by atoms with Gasteiger partial charge in [0.1, 0.15) is 0 Å². The van der Waals surface area contributed by atoms with Crippen molar-refractivity contribution >= 4 is 0 Å². The van der Waals surface area contributed by atoms with Crippen LogP contribution in [0, 0.1) is 82.9 Å². The second-order valence-corrected chi connectivity index (χ2v) is 46.8. The van der Waals surface area contributed by atoms with Crippen LogP contribution in [0.5, 0.6) is 0 Å². The van der Waals surface area contributed by atoms with Crippen LogP contribution in [0.3, 0.4) is 0 Å². The molecule has 0 aliphatic heterocycles. The summed E-state index contributed by atoms with van der Waals surface area (Å²) >= 11 is 0. The van der Waals surface area contributed by atoms with E-state index in [0.29, 0.717) is 5.92 Å². The van der Waals surface area contributed by atoms with E-state index < -0.39 is 0 Å². The topological polar surface area (TPSA) is 215 Å². The number of nitrogens with zero attached hydrogens (tertiary/aromatic N) is 21. The Labute approximate surface area is 846 Å². The molecule has 0 amide bonds. The van der Waals surface area contributed by atoms with Crippen LogP contribution in [0.1, 0.15) is 529 Å². The molecule has 0 aliphatic carbocycles. The summed E-state index contributed by atoms with van der Waals surface area (Å²) in [7, 11) is 0. The first-order chi connectivity index (χ1) is 65.6. The molecule has 0 fully saturated rings. The Morgan fingerprint density at radius 1 is 0.139 bits per heavy atom. The number of aromatic nitrogens is 21. The van der Waals surface area contributed by atoms with Gasteiger partial charge in [-0.1, -0.05) is 436 Å². The summed E-state index contributed by atoms with van der Waals surface area (Å²) in [6, 6.07) is 0. The van der Waals surface area contributed by atoms with E-state index in [1.54, 1.807) is 0 Å². The molecular weight excluding hydrogens is 1690 g/mol. The standard InChI is InChI=1S/6C17H33N3.C14H27N3/c1-15(2)10-6-5-9-13-20-17(14-18-19-20)12-8-7-11-16(3)4;1-15(2)10-6-5-7-12-17-14-18-19-20(17)13-9-8-11-16(3)4;1-15(2)10-7-5-6-8-13-20-17(14-18-19-20)12-9-11-16(3)4;1-15(2)10-7-5-6-8-12-17-14-18-19-20(17)13-9-11-16(3)4;1-15(2)10-8-6-5-7-9-13-20-17(14-18-19-20)12-11-16(3)4;1-15(2)10-8-6-5-7-9-11-17-14-18-19-20(17)13-12-16(3)4;1-12(2)8-6-5-7-9-14-10-15-16-17(14)11-13(3)4/h6*14-16H,5-13H2,1-4H3;10,12-13H,5-9,11H2,1-4H3. The number of unbranched alkanes of at least 4 members (excludes halogenated alkanes) is 22. The van der Waals surface area contributed by atoms with Gasteiger partial charge in [-0.2, -0.15) is 0 Å². The van der Waals surface area contributed by atoms with Gasteiger partial charge in [0.15, 0.2) is 0 Å². The Kier molecular flexibility index (Phi) is 80.5. The van der Waals surface area contributed by atoms with Crippen molar-refractivity contribution in [3.63, 3.8) is 0 Å². The Bertz CT molecular complexity index is 3470. The van der Waals surface area contributed by atoms with Crippen LogP contribution < -0.4 is 0 Å². The van der Waals surface area contributed by atoms with Crippen LogP contribution in [-0.4, -0.2) is 105 Å². The average molecular weight is 1910 g/mol. The van der Waals surface area contributed by atoms with Crippen molar-refractivity contribution in [2.45, 2.75) is 580 Å². The first-order valence-electron chi connectivity index (χ1n) is 57.8. The van der Waals surface area contributed by atoms with Crippen LogP contribution >= 0.6 is 0 Å². The van der Waals surface area contributed by atoms with Gasteiger partial charge in [-0.15, -0.1) is 35.7 Å². The van der Waals surface area contributed by atoms with E-state index in [-0.39, 0.29) is 0 Å². The number of rotatable bonds is 74. The summed E-state index contributed by atoms with van der Waals surface area (Å²) < 4.78 is 14.7. The van der Waals surface area contributed by atoms with Crippen molar-refractivity contribution in [3.8, 4) is 0 Å². The molecule has 0 unspecified atom stereocenters. The third-order valence-electron chi connectivity index (χ3n) is 25.9. The first-order valence-corrected chi connectivity index (χ1v) is 57.8. The molecule has 794 valence electrons. The van der Waals surface area contributed by atoms with Gasteiger partial charge in [0.2, 0.25) is 0 Å². The molecule has 0 aromatic carbocycles. The zero-order chi connectivity index (χ0) is 101. The molecule has 0 atom stereocenters. The van der Waals surface area contributed by atoms with Crippen molar-refractivity contribution in [1.82, 2.24) is 105 Å². The van der Waals surface area contributed by atoms with Gasteiger partial charge in [-0.25, -0.2) is 32.8 Å². The molecule has 137 heavy (non-hydrogen) atoms. The quantitative estimate of drug-likeness (QED) is 0.0324. The number of hydrogen-bond acceptors (Lipinski definition) is 14. The first kappa shape index (κ1) is 129. The molecule has 7 aromatic rings. The molecule has 7 rings (SSSR count). The van der Waals surface area contributed by atoms with Crippen molar-refractivity contribution < 1.29 is 0 Å². The van der Waals surface area contributed by atoms with Gasteiger partial charge >= 0.3 is 0 Å². The zero-order valence-corrected chi connectivity index (χ0v) is 95.4. The lowest BCUT2D eigenvalue weighted by Gasteiger charge is -2.08. The van der Waals surface area contributed by atoms with Gasteiger partial charge in [-0.05, 0) is 218 Å². The molecule has 0 radical (unpaired) electrons. The van der Waals surface area contributed by atoms with Crippen LogP contribution in [0.15, 0.2) is 43.4 Å². The van der Waals surface area contributed by atoms with Gasteiger partial charge in [0, 0.05) is 45.8 Å². The Balaban J connectivity index is 0.000000800. The summed E-state index contributed by atoms with van der Waals surface area (Å²) in [5, 5.41) is 57.9. The zero-order valence-electron chi connectivity index (χ0n) is 95.4. The predicted molar refractivity (Wildman–Crippen MR) is 586 cm³/mol. The normalized spacial score (nSPS) is 11.7. The van der Waals surface area contributed by atoms with Crippen LogP contribution in [-0.2, 0) is 90.8 Å². The van der Waals surface area contributed by atoms with E-state index in [9.17, 15) is 0 Å². The van der Waals surface area contributed by atoms with Crippen molar-refractivity contribution in [1.29, 1.82) is 0 Å². The Morgan fingerprint density at radius 3 is 0.569 bits per heavy atom. The lowest BCUT2D eigenvalue weighted by atomic mass is 10.0. The van der Waals surface area contributed by atoms with Crippen LogP contribution in [0.2, 0.25) is 0 Å². The fourth-order valence-electron chi connectivity index (χ4n) is 16.9. The van der Waals surface area contributed by atoms with E-state index in [4.69, 9.17) is 0 Å². The molecule has 0 saturated carbocycles. The maximum atomic E-state index is 4.23. The monoisotopic (exact) mass is 1910 g/mol. The lowest BCUT2D eigenvalue weighted by molar-refractivity contribution is 0.453. The molecule has 21 nitrogen and oxygen atoms in total. The Hall–Kier alpha value is -6.02. The number of hydrogen-bond donors (Lipinski definition) is 0. The fourth-order valence-corrected chi connectivity index (χ4v) is 16.9. The molecule has 0 N–H and O–H groups in total. The van der Waals surface area contributed by atoms with Crippen molar-refractivity contribution in [3.05, 3.63) is 83.2 Å². The van der Waals surface area contributed by atoms with Gasteiger partial charge in [-0.3, -0.25) is 0 Å². The fraction of sp³-hybridized carbons (Fsp3) is 0.879. The van der Waals surface area contributed by atoms with Crippen molar-refractivity contribution in [2.75, 3.05) is 0 Å². The number of aryl methyl sites for hydroxylation is 13. The molecule has 0 aliphatic rings. The summed E-state index contributed by atoms with van der Waals surface area (Å²) in [5.41, 5.74) is 9.18. The maximum Gasteiger partial charge on any atom is 0.0725 e. The molecule has 0 saturated heterocycles. The van der Waals surface area contributed by atoms with Gasteiger partial charge in [0.05, 0.1) is 83.2 Å². The van der Waals surface area contributed by atoms with Gasteiger partial charge in [0.25, 0.3) is 0 Å². The summed E-state index contributed by atoms with van der Waals surface area (Å²) in [4.78, 5) is 0. The van der Waals surface area contributed by atoms with E-state index in [1.807, 2.05) is 43.4 Å². The van der Waals surface area contributed by atoms with Gasteiger partial charge < -0.3 is 0 Å². The van der Waals surface area contributed by atoms with Crippen LogP contribution in [0.4, 0.5) is 0 Å². The maximum absolute atomic E-state index is 4.23. The highest BCUT2D eigenvalue weighted by atomic mass is 15.5. The molecule has 21 heteroatoms. The predicted octanol–water partition coefficient (Wildman–Crippen LogP) is 32.9. The van der Waals surface area contributed by atoms with E-state index in [1.165, 1.54) is 335 Å². The highest BCUT2D eigenvalue weighted by molar-refractivity contribution is 4.99. The summed E-state index contributed by atoms with van der Waals surface area (Å²) in [6.45, 7) is 71.2. The van der Waals surface area contributed by atoms with E-state index in [2.05, 4.69) is 299 Å². The summed E-state index contributed by atoms with van der Waals surface area (Å²) in [5.74, 6) is 11.2. The second-order valence-electron chi connectivity index (χ2n) is 46.8. The highest BCUT2D eigenvalue weighted by Crippen LogP contribution is 2.22. The highest BCUT2D eigenvalue weighted by Gasteiger charge is 2.14. The average Bonchev–Trinajstić information content (AvgIpc) is 2.00. The second kappa shape index (κ2) is 85.6. The minimum atomic E-state index is 0.636. The minimum Gasteiger partial charge on any atom is -0.249 e. The molecule has 7 aromatic heterocycles. The lowest BCUT2D eigenvalue weighted by Crippen LogP contribution is -2.09. The molecule has 0 spiro atoms. The molecule has 7 heterocycles.